The van der Waals surface area contributed by atoms with Crippen LogP contribution in [0.3, 0.4) is 0 Å². The van der Waals surface area contributed by atoms with E-state index < -0.39 is 10.8 Å². The number of nitrogens with one attached hydrogen (secondary N) is 6. The maximum Gasteiger partial charge on any atom is 2.00 e. The Balaban J connectivity index is 0. The van der Waals surface area contributed by atoms with Gasteiger partial charge in [0, 0.05) is 0 Å². The minimum absolute atomic E-state index is 0. The zero-order valence-electron chi connectivity index (χ0n) is 73.3. The molecule has 0 bridgehead atoms. The molecule has 0 amide bonds. The number of rotatable bonds is 24. The number of para-hydroxylation sites is 6. The average Bonchev–Trinajstić information content (AvgIpc) is 0.848. The quantitative estimate of drug-likeness (QED) is 0.0515. The fraction of sp³-hybridized carbons (Fsp3) is 0.220. The van der Waals surface area contributed by atoms with Crippen molar-refractivity contribution in [2.45, 2.75) is 13.8 Å². The molecule has 124 heavy (non-hydrogen) atoms. The van der Waals surface area contributed by atoms with Gasteiger partial charge in [0.15, 0.2) is 0 Å². The van der Waals surface area contributed by atoms with Crippen molar-refractivity contribution in [1.29, 1.82) is 0 Å². The second-order valence-electron chi connectivity index (χ2n) is 29.2. The number of nitrogens with zero attached hydrogens (tertiary/aromatic N) is 6. The minimum atomic E-state index is -0.410. The van der Waals surface area contributed by atoms with Crippen molar-refractivity contribution >= 4 is 148 Å². The van der Waals surface area contributed by atoms with E-state index in [0.29, 0.717) is 108 Å². The fourth-order valence-electron chi connectivity index (χ4n) is 10.4. The normalized spacial score (nSPS) is 9.97. The summed E-state index contributed by atoms with van der Waals surface area (Å²) in [5.74, 6) is 0. The van der Waals surface area contributed by atoms with E-state index in [9.17, 15) is 0 Å². The summed E-state index contributed by atoms with van der Waals surface area (Å²) in [6, 6.07) is 119. The molecule has 0 saturated heterocycles. The van der Waals surface area contributed by atoms with Gasteiger partial charge in [0.2, 0.25) is 0 Å². The van der Waals surface area contributed by atoms with Crippen molar-refractivity contribution < 1.29 is 101 Å². The van der Waals surface area contributed by atoms with Gasteiger partial charge in [-0.3, -0.25) is 0 Å². The minimum Gasteiger partial charge on any atom is -0.700 e. The molecule has 0 unspecified atom stereocenters. The first kappa shape index (κ1) is 119. The fourth-order valence-corrected chi connectivity index (χ4v) is 15.0. The van der Waals surface area contributed by atoms with Crippen LogP contribution in [0.15, 0.2) is 364 Å². The first-order chi connectivity index (χ1) is 56.8. The van der Waals surface area contributed by atoms with Crippen LogP contribution in [0.2, 0.25) is 0 Å². The zero-order valence-corrected chi connectivity index (χ0v) is 84.9. The molecule has 0 saturated carbocycles. The van der Waals surface area contributed by atoms with Gasteiger partial charge < -0.3 is 66.3 Å². The summed E-state index contributed by atoms with van der Waals surface area (Å²) in [6.07, 6.45) is 0. The van der Waals surface area contributed by atoms with E-state index in [1.165, 1.54) is 31.8 Å². The summed E-state index contributed by atoms with van der Waals surface area (Å²) in [5.41, 5.74) is 53.4. The van der Waals surface area contributed by atoms with E-state index in [0.717, 1.165) is 0 Å². The molecular weight excluding hydrogens is 1910 g/mol. The Morgan fingerprint density at radius 1 is 0.169 bits per heavy atom. The van der Waals surface area contributed by atoms with Crippen LogP contribution in [0.25, 0.3) is 66.3 Å². The predicted octanol–water partition coefficient (Wildman–Crippen LogP) is 32.3. The number of hydrogen-bond acceptors (Lipinski definition) is 0. The van der Waals surface area contributed by atoms with Gasteiger partial charge in [0.25, 0.3) is 0 Å². The molecule has 0 aliphatic heterocycles. The molecule has 0 fully saturated rings. The van der Waals surface area contributed by atoms with E-state index in [2.05, 4.69) is 308 Å². The van der Waals surface area contributed by atoms with Crippen LogP contribution in [-0.2, 0) is 101 Å². The van der Waals surface area contributed by atoms with E-state index in [-0.39, 0.29) is 148 Å². The van der Waals surface area contributed by atoms with Crippen LogP contribution < -0.4 is 31.8 Å². The van der Waals surface area contributed by atoms with Gasteiger partial charge >= 0.3 is 101 Å². The topological polar surface area (TPSA) is 227 Å². The van der Waals surface area contributed by atoms with Gasteiger partial charge in [0.1, 0.15) is 0 Å². The van der Waals surface area contributed by atoms with Crippen molar-refractivity contribution in [2.24, 2.45) is 10.8 Å². The molecule has 0 spiro atoms. The Morgan fingerprint density at radius 2 is 0.266 bits per heavy atom. The Kier molecular flexibility index (Phi) is 66.4. The van der Waals surface area contributed by atoms with Gasteiger partial charge in [-0.15, -0.1) is 39.3 Å². The molecule has 13 aromatic rings. The summed E-state index contributed by atoms with van der Waals surface area (Å²) >= 11 is 0. The second kappa shape index (κ2) is 69.2. The van der Waals surface area contributed by atoms with Crippen molar-refractivity contribution in [3.8, 4) is 0 Å². The van der Waals surface area contributed by atoms with Crippen LogP contribution in [0.1, 0.15) is 13.8 Å². The molecule has 6 radical (unpaired) electrons. The third kappa shape index (κ3) is 50.0. The third-order valence-electron chi connectivity index (χ3n) is 17.5. The molecular formula is C100H120Co6N12P6. The number of hydrogen-bond donors (Lipinski definition) is 0. The molecule has 6 N–H and O–H groups in total. The Hall–Kier alpha value is -6.92. The molecule has 12 nitrogen and oxygen atoms in total. The van der Waals surface area contributed by atoms with Crippen LogP contribution in [-0.4, -0.2) is 119 Å². The van der Waals surface area contributed by atoms with E-state index in [1.54, 1.807) is 36.4 Å². The van der Waals surface area contributed by atoms with Gasteiger partial charge in [0.05, 0.1) is 0 Å². The summed E-state index contributed by atoms with van der Waals surface area (Å²) in [7, 11) is 0.627. The molecule has 0 aromatic heterocycles. The third-order valence-corrected chi connectivity index (χ3v) is 25.5. The van der Waals surface area contributed by atoms with Gasteiger partial charge in [-0.2, -0.15) is 68.2 Å². The maximum absolute atomic E-state index is 8.02. The summed E-state index contributed by atoms with van der Waals surface area (Å²) in [5, 5.41) is 36.8. The molecule has 0 heterocycles. The Bertz CT molecular complexity index is 4010. The predicted molar refractivity (Wildman–Crippen MR) is 542 cm³/mol. The van der Waals surface area contributed by atoms with E-state index in [4.69, 9.17) is 34.4 Å². The Labute approximate surface area is 814 Å². The maximum atomic E-state index is 8.02. The first-order valence-corrected chi connectivity index (χ1v) is 52.4. The molecule has 13 aromatic carbocycles. The van der Waals surface area contributed by atoms with Crippen LogP contribution in [0.4, 0.5) is 68.2 Å². The largest absolute Gasteiger partial charge is 2.00 e. The van der Waals surface area contributed by atoms with Crippen molar-refractivity contribution in [3.63, 3.8) is 0 Å². The summed E-state index contributed by atoms with van der Waals surface area (Å²) in [6.45, 7) is 34.0. The van der Waals surface area contributed by atoms with Crippen LogP contribution >= 0.6 is 47.5 Å². The zero-order chi connectivity index (χ0) is 85.8. The SMILES string of the molecule is CC(C[N-]c1ccccc1[NH-])(C[N-]c1ccccc1[NH-])C[N-]c1ccccc1[NH-].CC(C[N-]c1ccccc1[NH-])(C[N-]c1ccccc1[NH-])C[N-]c1ccccc1[NH-].CP(C)c1ccccc1.CP(C)c1ccccc1.CP(C)c1ccccc1.CP(C)c1ccccc1.CP(C)c1ccccc1.CP(C)c1ccccc1.[Co+2].[Co+2].[Co+2].[Co+2].[Co+2].[Co+2].c1ccccc1. The van der Waals surface area contributed by atoms with E-state index >= 15 is 0 Å². The van der Waals surface area contributed by atoms with Crippen LogP contribution in [0.5, 0.6) is 0 Å². The Morgan fingerprint density at radius 3 is 0.363 bits per heavy atom. The molecule has 0 atom stereocenters. The number of benzene rings is 13. The summed E-state index contributed by atoms with van der Waals surface area (Å²) in [4.78, 5) is 0. The average molecular weight is 2030 g/mol. The molecule has 24 heteroatoms. The molecule has 664 valence electrons. The van der Waals surface area contributed by atoms with Crippen molar-refractivity contribution in [3.05, 3.63) is 430 Å². The molecule has 0 aliphatic carbocycles. The monoisotopic (exact) mass is 2030 g/mol. The van der Waals surface area contributed by atoms with Gasteiger partial charge in [-0.1, -0.05) is 436 Å². The van der Waals surface area contributed by atoms with E-state index in [1.807, 2.05) is 146 Å². The summed E-state index contributed by atoms with van der Waals surface area (Å²) < 4.78 is 0. The standard InChI is InChI=1S/2C23H24N6.6C8H11P.C6H6.6Co/c2*1-23(14-27-20-11-5-2-8-17(20)24,15-28-21-12-6-3-9-18(21)25)16-29-22-13-7-4-10-19(22)26;6*1-9(2)8-6-4-3-5-7-8;1-2-4-6-5-3-1;;;;;;/h2*2-13,24-26H,14-16H2,1H3;6*3-7H,1-2H3;1-6H;;;;;;/q2*-6;;;;;;;;6*+2. The van der Waals surface area contributed by atoms with Crippen LogP contribution in [0, 0.1) is 10.8 Å². The van der Waals surface area contributed by atoms with Crippen molar-refractivity contribution in [1.82, 2.24) is 0 Å². The second-order valence-corrected chi connectivity index (χ2v) is 43.0. The molecule has 0 aliphatic rings. The van der Waals surface area contributed by atoms with Crippen molar-refractivity contribution in [2.75, 3.05) is 119 Å². The first-order valence-electron chi connectivity index (χ1n) is 39.0. The molecule has 13 rings (SSSR count). The van der Waals surface area contributed by atoms with Gasteiger partial charge in [-0.25, -0.2) is 0 Å². The van der Waals surface area contributed by atoms with Gasteiger partial charge in [-0.05, 0) is 112 Å². The smallest absolute Gasteiger partial charge is 0.700 e.